The predicted octanol–water partition coefficient (Wildman–Crippen LogP) is 15.7. The Kier molecular flexibility index (Phi) is 36.9. The molecule has 0 aliphatic carbocycles. The molecule has 0 radical (unpaired) electrons. The van der Waals surface area contributed by atoms with Gasteiger partial charge in [-0.05, 0) is 56.7 Å². The summed E-state index contributed by atoms with van der Waals surface area (Å²) >= 11 is 0. The molecule has 0 aromatic carbocycles. The van der Waals surface area contributed by atoms with E-state index in [1.54, 1.807) is 0 Å². The van der Waals surface area contributed by atoms with Crippen molar-refractivity contribution >= 4 is 5.91 Å². The maximum absolute atomic E-state index is 12.8. The standard InChI is InChI=1S/C49H100N2O/c1-10-12-14-16-18-20-22-24-26-28-30-32-34-36-39-48(40-37-35-33-31-29-27-25-23-21-19-17-15-13-11-2)47(6)46(5)45(4)44(3)43-51(9)49(52)41-38-42-50(7)8/h44-48H,10-43H2,1-9H3. The topological polar surface area (TPSA) is 23.6 Å². The third-order valence-electron chi connectivity index (χ3n) is 13.1. The van der Waals surface area contributed by atoms with Crippen molar-refractivity contribution in [2.45, 2.75) is 247 Å². The van der Waals surface area contributed by atoms with Crippen LogP contribution in [-0.4, -0.2) is 49.9 Å². The largest absolute Gasteiger partial charge is 0.345 e. The van der Waals surface area contributed by atoms with E-state index in [2.05, 4.69) is 60.5 Å². The highest BCUT2D eigenvalue weighted by atomic mass is 16.2. The molecular weight excluding hydrogens is 633 g/mol. The van der Waals surface area contributed by atoms with Crippen LogP contribution in [-0.2, 0) is 4.79 Å². The molecule has 0 aromatic rings. The monoisotopic (exact) mass is 733 g/mol. The molecule has 0 aromatic heterocycles. The zero-order valence-electron chi connectivity index (χ0n) is 37.7. The van der Waals surface area contributed by atoms with E-state index in [1.807, 2.05) is 11.9 Å². The molecular formula is C49H100N2O. The van der Waals surface area contributed by atoms with Gasteiger partial charge in [0.15, 0.2) is 0 Å². The highest BCUT2D eigenvalue weighted by Gasteiger charge is 2.29. The van der Waals surface area contributed by atoms with Gasteiger partial charge < -0.3 is 9.80 Å². The van der Waals surface area contributed by atoms with E-state index in [0.29, 0.717) is 30.1 Å². The predicted molar refractivity (Wildman–Crippen MR) is 235 cm³/mol. The van der Waals surface area contributed by atoms with E-state index < -0.39 is 0 Å². The van der Waals surface area contributed by atoms with Crippen molar-refractivity contribution in [3.8, 4) is 0 Å². The molecule has 0 aliphatic heterocycles. The first-order chi connectivity index (χ1) is 25.1. The number of carbonyl (C=O) groups is 1. The number of hydrogen-bond acceptors (Lipinski definition) is 2. The van der Waals surface area contributed by atoms with Gasteiger partial charge in [-0.1, -0.05) is 234 Å². The van der Waals surface area contributed by atoms with Crippen LogP contribution in [0, 0.1) is 29.6 Å². The van der Waals surface area contributed by atoms with E-state index in [-0.39, 0.29) is 0 Å². The van der Waals surface area contributed by atoms with Crippen molar-refractivity contribution in [2.75, 3.05) is 34.2 Å². The number of unbranched alkanes of at least 4 members (excludes halogenated alkanes) is 26. The number of hydrogen-bond donors (Lipinski definition) is 0. The maximum atomic E-state index is 12.8. The molecule has 0 fully saturated rings. The lowest BCUT2D eigenvalue weighted by molar-refractivity contribution is -0.130. The number of carbonyl (C=O) groups excluding carboxylic acids is 1. The van der Waals surface area contributed by atoms with Crippen LogP contribution >= 0.6 is 0 Å². The van der Waals surface area contributed by atoms with Gasteiger partial charge in [-0.15, -0.1) is 0 Å². The SMILES string of the molecule is CCCCCCCCCCCCCCCCC(CCCCCCCCCCCCCCCC)C(C)C(C)C(C)C(C)CN(C)C(=O)CCCN(C)C. The smallest absolute Gasteiger partial charge is 0.222 e. The normalized spacial score (nSPS) is 14.3. The molecule has 4 unspecified atom stereocenters. The van der Waals surface area contributed by atoms with Gasteiger partial charge in [0.05, 0.1) is 0 Å². The van der Waals surface area contributed by atoms with Crippen LogP contribution in [0.15, 0.2) is 0 Å². The molecule has 0 aliphatic rings. The van der Waals surface area contributed by atoms with Crippen LogP contribution in [0.25, 0.3) is 0 Å². The average molecular weight is 733 g/mol. The van der Waals surface area contributed by atoms with E-state index >= 15 is 0 Å². The summed E-state index contributed by atoms with van der Waals surface area (Å²) in [7, 11) is 6.21. The van der Waals surface area contributed by atoms with Crippen LogP contribution in [0.3, 0.4) is 0 Å². The Balaban J connectivity index is 4.63. The Bertz CT molecular complexity index is 705. The molecule has 4 atom stereocenters. The molecule has 0 saturated carbocycles. The van der Waals surface area contributed by atoms with Gasteiger partial charge >= 0.3 is 0 Å². The van der Waals surface area contributed by atoms with E-state index in [1.165, 1.54) is 193 Å². The molecule has 0 bridgehead atoms. The van der Waals surface area contributed by atoms with Crippen molar-refractivity contribution < 1.29 is 4.79 Å². The van der Waals surface area contributed by atoms with E-state index in [0.717, 1.165) is 31.3 Å². The van der Waals surface area contributed by atoms with Gasteiger partial charge in [-0.3, -0.25) is 4.79 Å². The van der Waals surface area contributed by atoms with Gasteiger partial charge in [0.25, 0.3) is 0 Å². The summed E-state index contributed by atoms with van der Waals surface area (Å²) in [6.45, 7) is 16.5. The minimum atomic E-state index is 0.315. The van der Waals surface area contributed by atoms with Crippen molar-refractivity contribution in [1.82, 2.24) is 9.80 Å². The Labute approximate surface area is 330 Å². The zero-order chi connectivity index (χ0) is 38.7. The summed E-state index contributed by atoms with van der Waals surface area (Å²) < 4.78 is 0. The van der Waals surface area contributed by atoms with Gasteiger partial charge in [0.1, 0.15) is 0 Å². The van der Waals surface area contributed by atoms with Crippen molar-refractivity contribution in [2.24, 2.45) is 29.6 Å². The fourth-order valence-electron chi connectivity index (χ4n) is 8.74. The van der Waals surface area contributed by atoms with Gasteiger partial charge in [0.2, 0.25) is 5.91 Å². The van der Waals surface area contributed by atoms with E-state index in [4.69, 9.17) is 0 Å². The molecule has 3 nitrogen and oxygen atoms in total. The van der Waals surface area contributed by atoms with Crippen LogP contribution in [0.2, 0.25) is 0 Å². The minimum absolute atomic E-state index is 0.315. The lowest BCUT2D eigenvalue weighted by Crippen LogP contribution is -2.36. The Morgan fingerprint density at radius 2 is 0.750 bits per heavy atom. The number of amides is 1. The van der Waals surface area contributed by atoms with Crippen LogP contribution < -0.4 is 0 Å². The minimum Gasteiger partial charge on any atom is -0.345 e. The maximum Gasteiger partial charge on any atom is 0.222 e. The van der Waals surface area contributed by atoms with Gasteiger partial charge in [0, 0.05) is 20.0 Å². The number of nitrogens with zero attached hydrogens (tertiary/aromatic N) is 2. The quantitative estimate of drug-likeness (QED) is 0.0586. The van der Waals surface area contributed by atoms with Crippen molar-refractivity contribution in [3.63, 3.8) is 0 Å². The van der Waals surface area contributed by atoms with Gasteiger partial charge in [-0.25, -0.2) is 0 Å². The number of rotatable bonds is 40. The van der Waals surface area contributed by atoms with Crippen LogP contribution in [0.5, 0.6) is 0 Å². The van der Waals surface area contributed by atoms with E-state index in [9.17, 15) is 4.79 Å². The molecule has 52 heavy (non-hydrogen) atoms. The zero-order valence-corrected chi connectivity index (χ0v) is 37.7. The second kappa shape index (κ2) is 37.4. The first-order valence-corrected chi connectivity index (χ1v) is 24.0. The second-order valence-corrected chi connectivity index (χ2v) is 18.3. The first-order valence-electron chi connectivity index (χ1n) is 24.0. The second-order valence-electron chi connectivity index (χ2n) is 18.3. The van der Waals surface area contributed by atoms with Gasteiger partial charge in [-0.2, -0.15) is 0 Å². The summed E-state index contributed by atoms with van der Waals surface area (Å²) in [5, 5.41) is 0. The molecule has 1 amide bonds. The third-order valence-corrected chi connectivity index (χ3v) is 13.1. The molecule has 0 rings (SSSR count). The fraction of sp³-hybridized carbons (Fsp3) is 0.980. The lowest BCUT2D eigenvalue weighted by atomic mass is 9.71. The lowest BCUT2D eigenvalue weighted by Gasteiger charge is -2.36. The Morgan fingerprint density at radius 3 is 1.08 bits per heavy atom. The average Bonchev–Trinajstić information content (AvgIpc) is 3.12. The summed E-state index contributed by atoms with van der Waals surface area (Å²) in [6.07, 6.45) is 44.8. The molecule has 0 heterocycles. The molecule has 0 saturated heterocycles. The molecule has 3 heteroatoms. The summed E-state index contributed by atoms with van der Waals surface area (Å²) in [5.74, 6) is 3.77. The highest BCUT2D eigenvalue weighted by Crippen LogP contribution is 2.36. The summed E-state index contributed by atoms with van der Waals surface area (Å²) in [6, 6.07) is 0. The highest BCUT2D eigenvalue weighted by molar-refractivity contribution is 5.75. The summed E-state index contributed by atoms with van der Waals surface area (Å²) in [5.41, 5.74) is 0. The summed E-state index contributed by atoms with van der Waals surface area (Å²) in [4.78, 5) is 17.0. The van der Waals surface area contributed by atoms with Crippen molar-refractivity contribution in [1.29, 1.82) is 0 Å². The molecule has 0 spiro atoms. The molecule has 0 N–H and O–H groups in total. The Hall–Kier alpha value is -0.570. The Morgan fingerprint density at radius 1 is 0.423 bits per heavy atom. The molecule has 312 valence electrons. The van der Waals surface area contributed by atoms with Crippen molar-refractivity contribution in [3.05, 3.63) is 0 Å². The third kappa shape index (κ3) is 30.7. The fourth-order valence-corrected chi connectivity index (χ4v) is 8.74. The van der Waals surface area contributed by atoms with Crippen LogP contribution in [0.1, 0.15) is 247 Å². The van der Waals surface area contributed by atoms with Crippen LogP contribution in [0.4, 0.5) is 0 Å². The first kappa shape index (κ1) is 51.4.